The molecule has 51 heavy (non-hydrogen) atoms. The average Bonchev–Trinajstić information content (AvgIpc) is 3.50. The highest BCUT2D eigenvalue weighted by Crippen LogP contribution is 2.20. The van der Waals surface area contributed by atoms with E-state index in [2.05, 4.69) is 27.3 Å². The summed E-state index contributed by atoms with van der Waals surface area (Å²) in [5.74, 6) is 0.106. The molecule has 0 spiro atoms. The Morgan fingerprint density at radius 2 is 1.61 bits per heavy atom. The molecule has 0 fully saturated rings. The van der Waals surface area contributed by atoms with E-state index in [0.717, 1.165) is 54.9 Å². The van der Waals surface area contributed by atoms with Crippen molar-refractivity contribution in [3.63, 3.8) is 0 Å². The number of aromatic nitrogens is 2. The second kappa shape index (κ2) is 23.0. The van der Waals surface area contributed by atoms with Crippen LogP contribution < -0.4 is 15.4 Å². The van der Waals surface area contributed by atoms with Crippen molar-refractivity contribution < 1.29 is 38.1 Å². The number of unbranched alkanes of at least 4 members (excludes halogenated alkanes) is 1. The minimum absolute atomic E-state index is 0.0402. The van der Waals surface area contributed by atoms with Gasteiger partial charge in [-0.15, -0.1) is 0 Å². The standard InChI is InChI=1S/C20H30N2O5.C16H20N2O2.C3H8O/c1-14(23)16(13-26-12-15-10-8-7-9-11-15)21-17(24)20(5,6)22-18(25)27-19(2,3)4;1-3-4-9-20-15-7-5-14(6-8-15)16(11-19)18-10-13(2)17-12-18;1-3-4-2/h7-11,16H,12-13H2,1-6H3,(H,21,24)(H,22,25);5-8,10-12,16H,3-4,9H2,1-2H3;3H2,1-2H3. The Morgan fingerprint density at radius 3 is 2.10 bits per heavy atom. The molecule has 0 saturated heterocycles. The van der Waals surface area contributed by atoms with Crippen LogP contribution in [-0.4, -0.2) is 77.7 Å². The Hall–Kier alpha value is -4.55. The van der Waals surface area contributed by atoms with Crippen molar-refractivity contribution in [2.24, 2.45) is 0 Å². The molecule has 0 bridgehead atoms. The first-order valence-electron chi connectivity index (χ1n) is 17.2. The van der Waals surface area contributed by atoms with Crippen molar-refractivity contribution in [2.45, 2.75) is 105 Å². The summed E-state index contributed by atoms with van der Waals surface area (Å²) < 4.78 is 22.7. The summed E-state index contributed by atoms with van der Waals surface area (Å²) in [7, 11) is 1.68. The van der Waals surface area contributed by atoms with Gasteiger partial charge < -0.3 is 38.9 Å². The Labute approximate surface area is 303 Å². The highest BCUT2D eigenvalue weighted by atomic mass is 16.6. The zero-order chi connectivity index (χ0) is 38.5. The zero-order valence-corrected chi connectivity index (χ0v) is 32.0. The van der Waals surface area contributed by atoms with Gasteiger partial charge in [-0.3, -0.25) is 9.59 Å². The highest BCUT2D eigenvalue weighted by molar-refractivity contribution is 5.93. The summed E-state index contributed by atoms with van der Waals surface area (Å²) in [5.41, 5.74) is 0.869. The number of nitrogens with zero attached hydrogens (tertiary/aromatic N) is 2. The summed E-state index contributed by atoms with van der Waals surface area (Å²) >= 11 is 0. The number of aryl methyl sites for hydroxylation is 1. The fraction of sp³-hybridized carbons (Fsp3) is 0.513. The van der Waals surface area contributed by atoms with Crippen LogP contribution in [0.5, 0.6) is 5.75 Å². The first-order valence-corrected chi connectivity index (χ1v) is 17.2. The van der Waals surface area contributed by atoms with Gasteiger partial charge in [0.25, 0.3) is 0 Å². The number of methoxy groups -OCH3 is 1. The number of aldehydes is 1. The molecule has 0 aliphatic rings. The number of ether oxygens (including phenoxy) is 4. The van der Waals surface area contributed by atoms with E-state index in [1.807, 2.05) is 79.2 Å². The molecule has 2 amide bonds. The maximum absolute atomic E-state index is 12.5. The van der Waals surface area contributed by atoms with Crippen LogP contribution in [0.2, 0.25) is 0 Å². The number of nitrogens with one attached hydrogen (secondary N) is 2. The van der Waals surface area contributed by atoms with E-state index < -0.39 is 29.2 Å². The van der Waals surface area contributed by atoms with Crippen molar-refractivity contribution >= 4 is 24.1 Å². The molecule has 0 aliphatic heterocycles. The smallest absolute Gasteiger partial charge is 0.408 e. The molecule has 2 unspecified atom stereocenters. The predicted molar refractivity (Wildman–Crippen MR) is 198 cm³/mol. The van der Waals surface area contributed by atoms with Crippen LogP contribution >= 0.6 is 0 Å². The summed E-state index contributed by atoms with van der Waals surface area (Å²) in [6, 6.07) is 16.1. The molecule has 0 aliphatic carbocycles. The summed E-state index contributed by atoms with van der Waals surface area (Å²) in [5, 5.41) is 5.14. The lowest BCUT2D eigenvalue weighted by molar-refractivity contribution is -0.131. The molecule has 12 nitrogen and oxygen atoms in total. The molecule has 0 saturated carbocycles. The van der Waals surface area contributed by atoms with E-state index in [-0.39, 0.29) is 18.4 Å². The van der Waals surface area contributed by atoms with Crippen LogP contribution in [0.4, 0.5) is 4.79 Å². The molecular formula is C39H58N4O8. The van der Waals surface area contributed by atoms with Gasteiger partial charge >= 0.3 is 6.09 Å². The van der Waals surface area contributed by atoms with Crippen molar-refractivity contribution in [1.82, 2.24) is 20.2 Å². The molecule has 3 rings (SSSR count). The average molecular weight is 711 g/mol. The number of imidazole rings is 1. The zero-order valence-electron chi connectivity index (χ0n) is 32.0. The third kappa shape index (κ3) is 18.3. The molecule has 282 valence electrons. The normalized spacial score (nSPS) is 12.1. The number of alkyl carbamates (subject to hydrolysis) is 1. The van der Waals surface area contributed by atoms with Crippen LogP contribution in [0.1, 0.15) is 91.1 Å². The van der Waals surface area contributed by atoms with Gasteiger partial charge in [-0.2, -0.15) is 0 Å². The maximum atomic E-state index is 12.5. The van der Waals surface area contributed by atoms with E-state index in [1.165, 1.54) is 20.8 Å². The molecular weight excluding hydrogens is 652 g/mol. The number of rotatable bonds is 16. The highest BCUT2D eigenvalue weighted by Gasteiger charge is 2.33. The van der Waals surface area contributed by atoms with Gasteiger partial charge in [0, 0.05) is 19.9 Å². The second-order valence-corrected chi connectivity index (χ2v) is 13.3. The Kier molecular flexibility index (Phi) is 20.1. The lowest BCUT2D eigenvalue weighted by Crippen LogP contribution is -2.58. The number of Topliss-reactive ketones (excluding diaryl/α,β-unsaturated/α-hetero) is 1. The van der Waals surface area contributed by atoms with Crippen molar-refractivity contribution in [3.05, 3.63) is 83.9 Å². The minimum atomic E-state index is -1.25. The van der Waals surface area contributed by atoms with Crippen LogP contribution in [0, 0.1) is 6.92 Å². The number of benzene rings is 2. The van der Waals surface area contributed by atoms with Gasteiger partial charge in [0.15, 0.2) is 5.78 Å². The molecule has 3 aromatic rings. The van der Waals surface area contributed by atoms with Crippen LogP contribution in [0.25, 0.3) is 0 Å². The van der Waals surface area contributed by atoms with Crippen LogP contribution in [-0.2, 0) is 35.2 Å². The maximum Gasteiger partial charge on any atom is 0.408 e. The van der Waals surface area contributed by atoms with Crippen LogP contribution in [0.15, 0.2) is 67.1 Å². The first kappa shape index (κ1) is 44.5. The number of carbonyl (C=O) groups is 4. The quantitative estimate of drug-likeness (QED) is 0.127. The number of carbonyl (C=O) groups excluding carboxylic acids is 4. The molecule has 12 heteroatoms. The van der Waals surface area contributed by atoms with E-state index in [4.69, 9.17) is 14.2 Å². The third-order valence-electron chi connectivity index (χ3n) is 7.03. The second-order valence-electron chi connectivity index (χ2n) is 13.3. The van der Waals surface area contributed by atoms with Crippen molar-refractivity contribution in [2.75, 3.05) is 26.9 Å². The van der Waals surface area contributed by atoms with Crippen molar-refractivity contribution in [1.29, 1.82) is 0 Å². The van der Waals surface area contributed by atoms with Gasteiger partial charge in [-0.05, 0) is 85.1 Å². The fourth-order valence-electron chi connectivity index (χ4n) is 4.09. The van der Waals surface area contributed by atoms with Crippen molar-refractivity contribution in [3.8, 4) is 5.75 Å². The third-order valence-corrected chi connectivity index (χ3v) is 7.03. The van der Waals surface area contributed by atoms with Gasteiger partial charge in [-0.1, -0.05) is 55.8 Å². The molecule has 1 heterocycles. The predicted octanol–water partition coefficient (Wildman–Crippen LogP) is 6.39. The number of ketones is 1. The van der Waals surface area contributed by atoms with E-state index >= 15 is 0 Å². The number of hydrogen-bond acceptors (Lipinski definition) is 9. The number of hydrogen-bond donors (Lipinski definition) is 2. The summed E-state index contributed by atoms with van der Waals surface area (Å²) in [6.45, 7) is 17.6. The van der Waals surface area contributed by atoms with E-state index in [0.29, 0.717) is 6.61 Å². The molecule has 2 atom stereocenters. The van der Waals surface area contributed by atoms with Crippen LogP contribution in [0.3, 0.4) is 0 Å². The topological polar surface area (TPSA) is 147 Å². The number of amides is 2. The Morgan fingerprint density at radius 1 is 0.980 bits per heavy atom. The SMILES string of the molecule is CC(=O)C(COCc1ccccc1)NC(=O)C(C)(C)NC(=O)OC(C)(C)C.CCCCOc1ccc(C(C=O)n2cnc(C)c2)cc1.CCOC. The van der Waals surface area contributed by atoms with Gasteiger partial charge in [-0.25, -0.2) is 9.78 Å². The Bertz CT molecular complexity index is 1450. The molecule has 0 radical (unpaired) electrons. The van der Waals surface area contributed by atoms with E-state index in [1.54, 1.807) is 34.2 Å². The van der Waals surface area contributed by atoms with Gasteiger partial charge in [0.05, 0.1) is 31.8 Å². The minimum Gasteiger partial charge on any atom is -0.494 e. The lowest BCUT2D eigenvalue weighted by Gasteiger charge is -2.29. The fourth-order valence-corrected chi connectivity index (χ4v) is 4.09. The summed E-state index contributed by atoms with van der Waals surface area (Å²) in [4.78, 5) is 51.8. The lowest BCUT2D eigenvalue weighted by atomic mass is 10.0. The molecule has 2 N–H and O–H groups in total. The molecule has 1 aromatic heterocycles. The molecule has 2 aromatic carbocycles. The van der Waals surface area contributed by atoms with Gasteiger partial charge in [0.2, 0.25) is 5.91 Å². The van der Waals surface area contributed by atoms with Gasteiger partial charge in [0.1, 0.15) is 35.3 Å². The van der Waals surface area contributed by atoms with E-state index in [9.17, 15) is 19.2 Å². The monoisotopic (exact) mass is 710 g/mol. The Balaban J connectivity index is 0.000000476. The first-order chi connectivity index (χ1) is 24.1. The largest absolute Gasteiger partial charge is 0.494 e. The summed E-state index contributed by atoms with van der Waals surface area (Å²) in [6.07, 6.45) is 5.93.